The van der Waals surface area contributed by atoms with E-state index in [-0.39, 0.29) is 11.9 Å². The first-order chi connectivity index (χ1) is 10.6. The summed E-state index contributed by atoms with van der Waals surface area (Å²) < 4.78 is 10.9. The number of nitrogens with one attached hydrogen (secondary N) is 1. The zero-order chi connectivity index (χ0) is 16.4. The SMILES string of the molecule is CCOC(=O)CCCNC(=O)CCc1ccc(OC)c(Br)c1. The summed E-state index contributed by atoms with van der Waals surface area (Å²) in [4.78, 5) is 22.9. The van der Waals surface area contributed by atoms with Crippen LogP contribution in [-0.4, -0.2) is 32.1 Å². The molecule has 5 nitrogen and oxygen atoms in total. The van der Waals surface area contributed by atoms with Gasteiger partial charge in [-0.3, -0.25) is 9.59 Å². The van der Waals surface area contributed by atoms with Crippen molar-refractivity contribution < 1.29 is 19.1 Å². The third-order valence-corrected chi connectivity index (χ3v) is 3.66. The molecule has 0 spiro atoms. The summed E-state index contributed by atoms with van der Waals surface area (Å²) in [6, 6.07) is 5.77. The molecule has 0 radical (unpaired) electrons. The summed E-state index contributed by atoms with van der Waals surface area (Å²) in [6.07, 6.45) is 2.00. The maximum atomic E-state index is 11.7. The Morgan fingerprint density at radius 1 is 1.27 bits per heavy atom. The molecular weight excluding hydrogens is 350 g/mol. The van der Waals surface area contributed by atoms with Crippen LogP contribution in [0.3, 0.4) is 0 Å². The van der Waals surface area contributed by atoms with Gasteiger partial charge in [-0.05, 0) is 53.4 Å². The fourth-order valence-electron chi connectivity index (χ4n) is 1.91. The molecule has 0 aliphatic rings. The molecule has 1 aromatic carbocycles. The number of halogens is 1. The Labute approximate surface area is 139 Å². The van der Waals surface area contributed by atoms with E-state index >= 15 is 0 Å². The fraction of sp³-hybridized carbons (Fsp3) is 0.500. The number of hydrogen-bond acceptors (Lipinski definition) is 4. The minimum absolute atomic E-state index is 0.0178. The standard InChI is InChI=1S/C16H22BrNO4/c1-3-22-16(20)5-4-10-18-15(19)9-7-12-6-8-14(21-2)13(17)11-12/h6,8,11H,3-5,7,9-10H2,1-2H3,(H,18,19). The largest absolute Gasteiger partial charge is 0.496 e. The molecule has 122 valence electrons. The summed E-state index contributed by atoms with van der Waals surface area (Å²) in [5, 5.41) is 2.80. The van der Waals surface area contributed by atoms with E-state index in [1.165, 1.54) is 0 Å². The first kappa shape index (κ1) is 18.5. The summed E-state index contributed by atoms with van der Waals surface area (Å²) >= 11 is 3.42. The molecule has 0 unspecified atom stereocenters. The monoisotopic (exact) mass is 371 g/mol. The van der Waals surface area contributed by atoms with Gasteiger partial charge in [0.1, 0.15) is 5.75 Å². The highest BCUT2D eigenvalue weighted by molar-refractivity contribution is 9.10. The fourth-order valence-corrected chi connectivity index (χ4v) is 2.49. The van der Waals surface area contributed by atoms with Gasteiger partial charge in [-0.25, -0.2) is 0 Å². The van der Waals surface area contributed by atoms with E-state index in [0.29, 0.717) is 38.8 Å². The number of carbonyl (C=O) groups excluding carboxylic acids is 2. The van der Waals surface area contributed by atoms with Crippen molar-refractivity contribution in [1.82, 2.24) is 5.32 Å². The van der Waals surface area contributed by atoms with Crippen LogP contribution < -0.4 is 10.1 Å². The van der Waals surface area contributed by atoms with E-state index < -0.39 is 0 Å². The number of hydrogen-bond donors (Lipinski definition) is 1. The molecule has 1 amide bonds. The molecule has 0 aliphatic carbocycles. The minimum atomic E-state index is -0.222. The van der Waals surface area contributed by atoms with Crippen molar-refractivity contribution in [1.29, 1.82) is 0 Å². The number of rotatable bonds is 9. The van der Waals surface area contributed by atoms with E-state index in [9.17, 15) is 9.59 Å². The normalized spacial score (nSPS) is 10.1. The first-order valence-electron chi connectivity index (χ1n) is 7.31. The molecule has 22 heavy (non-hydrogen) atoms. The maximum absolute atomic E-state index is 11.7. The van der Waals surface area contributed by atoms with Crippen molar-refractivity contribution in [2.75, 3.05) is 20.3 Å². The van der Waals surface area contributed by atoms with Crippen LogP contribution in [0.4, 0.5) is 0 Å². The van der Waals surface area contributed by atoms with Crippen molar-refractivity contribution in [3.8, 4) is 5.75 Å². The second-order valence-corrected chi connectivity index (χ2v) is 5.58. The number of ether oxygens (including phenoxy) is 2. The number of amides is 1. The molecule has 1 rings (SSSR count). The van der Waals surface area contributed by atoms with Crippen molar-refractivity contribution in [2.45, 2.75) is 32.6 Å². The Morgan fingerprint density at radius 3 is 2.68 bits per heavy atom. The van der Waals surface area contributed by atoms with Crippen LogP contribution >= 0.6 is 15.9 Å². The Balaban J connectivity index is 2.23. The van der Waals surface area contributed by atoms with Gasteiger partial charge in [-0.15, -0.1) is 0 Å². The zero-order valence-corrected chi connectivity index (χ0v) is 14.6. The lowest BCUT2D eigenvalue weighted by Gasteiger charge is -2.07. The number of methoxy groups -OCH3 is 1. The molecule has 1 aromatic rings. The average molecular weight is 372 g/mol. The van der Waals surface area contributed by atoms with E-state index in [4.69, 9.17) is 9.47 Å². The van der Waals surface area contributed by atoms with Gasteiger partial charge in [0.05, 0.1) is 18.2 Å². The van der Waals surface area contributed by atoms with Crippen LogP contribution in [-0.2, 0) is 20.7 Å². The third kappa shape index (κ3) is 6.93. The second-order valence-electron chi connectivity index (χ2n) is 4.73. The zero-order valence-electron chi connectivity index (χ0n) is 13.0. The highest BCUT2D eigenvalue weighted by Gasteiger charge is 2.06. The predicted octanol–water partition coefficient (Wildman–Crippen LogP) is 2.85. The molecule has 0 bridgehead atoms. The van der Waals surface area contributed by atoms with Gasteiger partial charge in [-0.2, -0.15) is 0 Å². The van der Waals surface area contributed by atoms with Gasteiger partial charge < -0.3 is 14.8 Å². The lowest BCUT2D eigenvalue weighted by Crippen LogP contribution is -2.25. The lowest BCUT2D eigenvalue weighted by atomic mass is 10.1. The summed E-state index contributed by atoms with van der Waals surface area (Å²) in [5.41, 5.74) is 1.06. The minimum Gasteiger partial charge on any atom is -0.496 e. The van der Waals surface area contributed by atoms with Crippen molar-refractivity contribution in [2.24, 2.45) is 0 Å². The van der Waals surface area contributed by atoms with Crippen molar-refractivity contribution in [3.63, 3.8) is 0 Å². The molecule has 6 heteroatoms. The van der Waals surface area contributed by atoms with Crippen LogP contribution in [0.2, 0.25) is 0 Å². The van der Waals surface area contributed by atoms with Gasteiger partial charge in [0.15, 0.2) is 0 Å². The van der Waals surface area contributed by atoms with E-state index in [1.54, 1.807) is 14.0 Å². The van der Waals surface area contributed by atoms with E-state index in [0.717, 1.165) is 15.8 Å². The van der Waals surface area contributed by atoms with Crippen LogP contribution in [0.25, 0.3) is 0 Å². The van der Waals surface area contributed by atoms with Crippen LogP contribution in [0.1, 0.15) is 31.7 Å². The molecule has 0 fully saturated rings. The maximum Gasteiger partial charge on any atom is 0.305 e. The molecular formula is C16H22BrNO4. The highest BCUT2D eigenvalue weighted by atomic mass is 79.9. The van der Waals surface area contributed by atoms with E-state index in [1.807, 2.05) is 18.2 Å². The molecule has 0 aliphatic heterocycles. The number of benzene rings is 1. The Kier molecular flexibility index (Phi) is 8.58. The Hall–Kier alpha value is -1.56. The van der Waals surface area contributed by atoms with Crippen LogP contribution in [0, 0.1) is 0 Å². The third-order valence-electron chi connectivity index (χ3n) is 3.04. The van der Waals surface area contributed by atoms with Gasteiger partial charge in [0.2, 0.25) is 5.91 Å². The molecule has 0 saturated carbocycles. The van der Waals surface area contributed by atoms with E-state index in [2.05, 4.69) is 21.2 Å². The smallest absolute Gasteiger partial charge is 0.305 e. The van der Waals surface area contributed by atoms with Gasteiger partial charge >= 0.3 is 5.97 Å². The van der Waals surface area contributed by atoms with Gasteiger partial charge in [0.25, 0.3) is 0 Å². The topological polar surface area (TPSA) is 64.6 Å². The molecule has 0 saturated heterocycles. The van der Waals surface area contributed by atoms with Gasteiger partial charge in [0, 0.05) is 19.4 Å². The number of esters is 1. The predicted molar refractivity (Wildman–Crippen MR) is 87.9 cm³/mol. The molecule has 0 aromatic heterocycles. The highest BCUT2D eigenvalue weighted by Crippen LogP contribution is 2.25. The van der Waals surface area contributed by atoms with Crippen LogP contribution in [0.15, 0.2) is 22.7 Å². The number of carbonyl (C=O) groups is 2. The second kappa shape index (κ2) is 10.2. The lowest BCUT2D eigenvalue weighted by molar-refractivity contribution is -0.143. The summed E-state index contributed by atoms with van der Waals surface area (Å²) in [6.45, 7) is 2.66. The van der Waals surface area contributed by atoms with Crippen LogP contribution in [0.5, 0.6) is 5.75 Å². The quantitative estimate of drug-likeness (QED) is 0.535. The Morgan fingerprint density at radius 2 is 2.05 bits per heavy atom. The first-order valence-corrected chi connectivity index (χ1v) is 8.10. The summed E-state index contributed by atoms with van der Waals surface area (Å²) in [5.74, 6) is 0.530. The summed E-state index contributed by atoms with van der Waals surface area (Å²) in [7, 11) is 1.61. The van der Waals surface area contributed by atoms with Crippen molar-refractivity contribution >= 4 is 27.8 Å². The Bertz CT molecular complexity index is 505. The molecule has 1 N–H and O–H groups in total. The molecule has 0 heterocycles. The molecule has 0 atom stereocenters. The van der Waals surface area contributed by atoms with Crippen molar-refractivity contribution in [3.05, 3.63) is 28.2 Å². The average Bonchev–Trinajstić information content (AvgIpc) is 2.50. The van der Waals surface area contributed by atoms with Gasteiger partial charge in [-0.1, -0.05) is 6.07 Å². The number of aryl methyl sites for hydroxylation is 1.